The molecule has 1 aromatic heterocycles. The van der Waals surface area contributed by atoms with Gasteiger partial charge in [-0.1, -0.05) is 23.7 Å². The van der Waals surface area contributed by atoms with Crippen molar-refractivity contribution in [1.29, 1.82) is 0 Å². The second-order valence-corrected chi connectivity index (χ2v) is 5.05. The second-order valence-electron chi connectivity index (χ2n) is 3.70. The molecule has 0 aliphatic carbocycles. The van der Waals surface area contributed by atoms with Crippen molar-refractivity contribution in [2.45, 2.75) is 13.2 Å². The van der Waals surface area contributed by atoms with Crippen molar-refractivity contribution in [3.8, 4) is 0 Å². The minimum Gasteiger partial charge on any atom is -0.477 e. The molecule has 0 aliphatic rings. The third-order valence-corrected chi connectivity index (χ3v) is 3.58. The first kappa shape index (κ1) is 13.1. The summed E-state index contributed by atoms with van der Waals surface area (Å²) in [5, 5.41) is 11.4. The lowest BCUT2D eigenvalue weighted by Crippen LogP contribution is -2.00. The van der Waals surface area contributed by atoms with Crippen LogP contribution in [0.3, 0.4) is 0 Å². The molecule has 0 bridgehead atoms. The first-order valence-corrected chi connectivity index (χ1v) is 6.54. The number of ether oxygens (including phenoxy) is 1. The average Bonchev–Trinajstić information content (AvgIpc) is 2.80. The highest BCUT2D eigenvalue weighted by molar-refractivity contribution is 7.12. The highest BCUT2D eigenvalue weighted by Gasteiger charge is 2.11. The van der Waals surface area contributed by atoms with Crippen molar-refractivity contribution < 1.29 is 14.6 Å². The molecule has 0 saturated heterocycles. The molecule has 94 valence electrons. The van der Waals surface area contributed by atoms with Crippen molar-refractivity contribution in [2.75, 3.05) is 0 Å². The highest BCUT2D eigenvalue weighted by Crippen LogP contribution is 2.18. The molecule has 0 fully saturated rings. The molecule has 0 radical (unpaired) electrons. The number of benzene rings is 1. The normalized spacial score (nSPS) is 10.5. The zero-order valence-electron chi connectivity index (χ0n) is 9.43. The second kappa shape index (κ2) is 6.00. The summed E-state index contributed by atoms with van der Waals surface area (Å²) in [6.45, 7) is 0.736. The van der Waals surface area contributed by atoms with Crippen LogP contribution in [0.1, 0.15) is 20.8 Å². The van der Waals surface area contributed by atoms with Gasteiger partial charge in [0.15, 0.2) is 0 Å². The third kappa shape index (κ3) is 3.32. The van der Waals surface area contributed by atoms with Gasteiger partial charge in [-0.15, -0.1) is 11.3 Å². The van der Waals surface area contributed by atoms with Gasteiger partial charge >= 0.3 is 5.97 Å². The average molecular weight is 283 g/mol. The molecule has 0 spiro atoms. The minimum atomic E-state index is -0.907. The fourth-order valence-corrected chi connectivity index (χ4v) is 2.37. The lowest BCUT2D eigenvalue weighted by molar-refractivity contribution is 0.0690. The van der Waals surface area contributed by atoms with E-state index >= 15 is 0 Å². The van der Waals surface area contributed by atoms with E-state index in [2.05, 4.69) is 0 Å². The largest absolute Gasteiger partial charge is 0.477 e. The molecular formula is C13H11ClO3S. The zero-order chi connectivity index (χ0) is 13.0. The van der Waals surface area contributed by atoms with Crippen molar-refractivity contribution in [3.63, 3.8) is 0 Å². The van der Waals surface area contributed by atoms with E-state index < -0.39 is 5.97 Å². The van der Waals surface area contributed by atoms with Gasteiger partial charge in [0.2, 0.25) is 0 Å². The predicted octanol–water partition coefficient (Wildman–Crippen LogP) is 3.82. The summed E-state index contributed by atoms with van der Waals surface area (Å²) in [5.74, 6) is -0.907. The van der Waals surface area contributed by atoms with E-state index in [-0.39, 0.29) is 0 Å². The number of carboxylic acid groups (broad SMARTS) is 1. The monoisotopic (exact) mass is 282 g/mol. The Morgan fingerprint density at radius 1 is 1.22 bits per heavy atom. The van der Waals surface area contributed by atoms with Crippen molar-refractivity contribution >= 4 is 28.9 Å². The molecule has 0 saturated carbocycles. The molecule has 1 heterocycles. The Hall–Kier alpha value is -1.36. The molecule has 1 aromatic carbocycles. The lowest BCUT2D eigenvalue weighted by Gasteiger charge is -2.04. The quantitative estimate of drug-likeness (QED) is 0.907. The number of halogens is 1. The van der Waals surface area contributed by atoms with Gasteiger partial charge < -0.3 is 9.84 Å². The smallest absolute Gasteiger partial charge is 0.346 e. The van der Waals surface area contributed by atoms with Crippen LogP contribution in [0.25, 0.3) is 0 Å². The van der Waals surface area contributed by atoms with Crippen LogP contribution < -0.4 is 0 Å². The maximum absolute atomic E-state index is 10.9. The van der Waals surface area contributed by atoms with Crippen LogP contribution >= 0.6 is 22.9 Å². The van der Waals surface area contributed by atoms with Crippen LogP contribution in [0.2, 0.25) is 5.02 Å². The Bertz CT molecular complexity index is 533. The molecule has 0 atom stereocenters. The summed E-state index contributed by atoms with van der Waals surface area (Å²) < 4.78 is 5.50. The molecule has 5 heteroatoms. The van der Waals surface area contributed by atoms with Crippen LogP contribution in [0.4, 0.5) is 0 Å². The SMILES string of the molecule is O=C(O)c1sccc1COCc1ccc(Cl)cc1. The number of carboxylic acids is 1. The maximum Gasteiger partial charge on any atom is 0.346 e. The Morgan fingerprint density at radius 3 is 2.61 bits per heavy atom. The van der Waals surface area contributed by atoms with Crippen molar-refractivity contribution in [2.24, 2.45) is 0 Å². The molecule has 18 heavy (non-hydrogen) atoms. The van der Waals surface area contributed by atoms with Gasteiger partial charge in [-0.2, -0.15) is 0 Å². The standard InChI is InChI=1S/C13H11ClO3S/c14-11-3-1-9(2-4-11)7-17-8-10-5-6-18-12(10)13(15)16/h1-6H,7-8H2,(H,15,16). The Morgan fingerprint density at radius 2 is 1.94 bits per heavy atom. The number of hydrogen-bond donors (Lipinski definition) is 1. The Kier molecular flexibility index (Phi) is 4.36. The van der Waals surface area contributed by atoms with E-state index in [9.17, 15) is 4.79 Å². The lowest BCUT2D eigenvalue weighted by atomic mass is 10.2. The summed E-state index contributed by atoms with van der Waals surface area (Å²) in [6, 6.07) is 9.14. The highest BCUT2D eigenvalue weighted by atomic mass is 35.5. The molecule has 1 N–H and O–H groups in total. The maximum atomic E-state index is 10.9. The first-order valence-electron chi connectivity index (χ1n) is 5.28. The third-order valence-electron chi connectivity index (χ3n) is 2.38. The van der Waals surface area contributed by atoms with Gasteiger partial charge in [-0.05, 0) is 29.1 Å². The summed E-state index contributed by atoms with van der Waals surface area (Å²) in [5.41, 5.74) is 1.72. The Labute approximate surface area is 114 Å². The predicted molar refractivity (Wildman–Crippen MR) is 71.2 cm³/mol. The summed E-state index contributed by atoms with van der Waals surface area (Å²) in [6.07, 6.45) is 0. The van der Waals surface area contributed by atoms with Gasteiger partial charge in [0, 0.05) is 10.6 Å². The van der Waals surface area contributed by atoms with E-state index in [1.54, 1.807) is 23.6 Å². The van der Waals surface area contributed by atoms with Crippen molar-refractivity contribution in [1.82, 2.24) is 0 Å². The van der Waals surface area contributed by atoms with Crippen LogP contribution in [0.15, 0.2) is 35.7 Å². The zero-order valence-corrected chi connectivity index (χ0v) is 11.0. The van der Waals surface area contributed by atoms with Gasteiger partial charge in [0.05, 0.1) is 13.2 Å². The van der Waals surface area contributed by atoms with Crippen molar-refractivity contribution in [3.05, 3.63) is 56.7 Å². The topological polar surface area (TPSA) is 46.5 Å². The van der Waals surface area contributed by atoms with Gasteiger partial charge in [-0.25, -0.2) is 4.79 Å². The van der Waals surface area contributed by atoms with E-state index in [4.69, 9.17) is 21.4 Å². The molecule has 0 amide bonds. The van der Waals surface area contributed by atoms with Crippen LogP contribution in [-0.2, 0) is 18.0 Å². The molecule has 2 rings (SSSR count). The molecule has 0 unspecified atom stereocenters. The van der Waals surface area contributed by atoms with Gasteiger partial charge in [0.1, 0.15) is 4.88 Å². The summed E-state index contributed by atoms with van der Waals surface area (Å²) in [7, 11) is 0. The molecule has 3 nitrogen and oxygen atoms in total. The molecule has 2 aromatic rings. The first-order chi connectivity index (χ1) is 8.66. The fourth-order valence-electron chi connectivity index (χ4n) is 1.50. The van der Waals surface area contributed by atoms with E-state index in [0.29, 0.717) is 28.7 Å². The number of carbonyl (C=O) groups is 1. The van der Waals surface area contributed by atoms with Crippen LogP contribution in [-0.4, -0.2) is 11.1 Å². The number of aromatic carboxylic acids is 1. The Balaban J connectivity index is 1.90. The van der Waals surface area contributed by atoms with E-state index in [1.165, 1.54) is 11.3 Å². The van der Waals surface area contributed by atoms with E-state index in [1.807, 2.05) is 12.1 Å². The number of rotatable bonds is 5. The fraction of sp³-hybridized carbons (Fsp3) is 0.154. The minimum absolute atomic E-state index is 0.299. The van der Waals surface area contributed by atoms with Gasteiger partial charge in [-0.3, -0.25) is 0 Å². The van der Waals surface area contributed by atoms with Crippen LogP contribution in [0.5, 0.6) is 0 Å². The number of thiophene rings is 1. The molecular weight excluding hydrogens is 272 g/mol. The van der Waals surface area contributed by atoms with E-state index in [0.717, 1.165) is 5.56 Å². The van der Waals surface area contributed by atoms with Gasteiger partial charge in [0.25, 0.3) is 0 Å². The summed E-state index contributed by atoms with van der Waals surface area (Å²) in [4.78, 5) is 11.2. The number of hydrogen-bond acceptors (Lipinski definition) is 3. The molecule has 0 aliphatic heterocycles. The summed E-state index contributed by atoms with van der Waals surface area (Å²) >= 11 is 6.99. The van der Waals surface area contributed by atoms with Crippen LogP contribution in [0, 0.1) is 0 Å².